The fourth-order valence-electron chi connectivity index (χ4n) is 5.31. The summed E-state index contributed by atoms with van der Waals surface area (Å²) in [6, 6.07) is 21.1. The number of hydrogen-bond acceptors (Lipinski definition) is 4. The molecule has 2 heterocycles. The Bertz CT molecular complexity index is 1810. The van der Waals surface area contributed by atoms with Crippen molar-refractivity contribution in [3.05, 3.63) is 89.3 Å². The minimum absolute atomic E-state index is 0. The number of carbonyl (C=O) groups excluding carboxylic acids is 1. The molecule has 45 heavy (non-hydrogen) atoms. The first kappa shape index (κ1) is 36.2. The SMILES string of the molecule is CC(C)C(=O)/C=C(\O)C(C)C.CC(C)Cc1ccc2c(-c3[c-]c(C(C)C)cc4c3oc3ccccc34)ncc(C(C)C)c2c1.[Ir]. The van der Waals surface area contributed by atoms with Crippen LogP contribution in [-0.4, -0.2) is 15.9 Å². The van der Waals surface area contributed by atoms with Gasteiger partial charge in [-0.05, 0) is 57.8 Å². The molecule has 0 saturated heterocycles. The Labute approximate surface area is 282 Å². The average Bonchev–Trinajstić information content (AvgIpc) is 3.34. The molecule has 0 amide bonds. The van der Waals surface area contributed by atoms with Gasteiger partial charge in [-0.25, -0.2) is 0 Å². The number of para-hydroxylation sites is 1. The first-order chi connectivity index (χ1) is 20.8. The van der Waals surface area contributed by atoms with Gasteiger partial charge in [0.05, 0.1) is 11.3 Å². The Kier molecular flexibility index (Phi) is 12.3. The van der Waals surface area contributed by atoms with Crippen molar-refractivity contribution >= 4 is 38.5 Å². The fourth-order valence-corrected chi connectivity index (χ4v) is 5.31. The number of carbonyl (C=O) groups is 1. The first-order valence-corrected chi connectivity index (χ1v) is 16.0. The van der Waals surface area contributed by atoms with Gasteiger partial charge in [-0.2, -0.15) is 0 Å². The summed E-state index contributed by atoms with van der Waals surface area (Å²) in [4.78, 5) is 16.0. The van der Waals surface area contributed by atoms with Gasteiger partial charge in [0, 0.05) is 49.6 Å². The standard InChI is InChI=1S/C31H32NO.C9H16O2.Ir/c1-18(2)13-21-11-12-24-25(14-21)28(20(5)6)17-32-30(24)27-16-22(19(3)4)15-26-23-9-7-8-10-29(23)33-31(26)27;1-6(2)8(10)5-9(11)7(3)4;/h7-12,14-15,17-20H,13H2,1-6H3;5-7,10H,1-4H3;/q-1;;/b;8-5-;. The topological polar surface area (TPSA) is 63.3 Å². The van der Waals surface area contributed by atoms with Crippen LogP contribution in [0.2, 0.25) is 0 Å². The summed E-state index contributed by atoms with van der Waals surface area (Å²) in [6.45, 7) is 20.8. The van der Waals surface area contributed by atoms with Crippen LogP contribution in [0, 0.1) is 23.8 Å². The second-order valence-corrected chi connectivity index (χ2v) is 13.6. The predicted octanol–water partition coefficient (Wildman–Crippen LogP) is 11.4. The number of ketones is 1. The number of rotatable bonds is 8. The monoisotopic (exact) mass is 783 g/mol. The molecule has 0 spiro atoms. The molecule has 0 fully saturated rings. The number of allylic oxidation sites excluding steroid dienone is 2. The predicted molar refractivity (Wildman–Crippen MR) is 185 cm³/mol. The van der Waals surface area contributed by atoms with Crippen molar-refractivity contribution < 1.29 is 34.4 Å². The second kappa shape index (κ2) is 15.3. The van der Waals surface area contributed by atoms with E-state index in [1.165, 1.54) is 33.5 Å². The van der Waals surface area contributed by atoms with Crippen LogP contribution in [0.4, 0.5) is 0 Å². The van der Waals surface area contributed by atoms with Gasteiger partial charge in [0.1, 0.15) is 5.58 Å². The summed E-state index contributed by atoms with van der Waals surface area (Å²) in [5, 5.41) is 13.9. The number of benzene rings is 3. The van der Waals surface area contributed by atoms with Crippen LogP contribution in [0.1, 0.15) is 97.8 Å². The number of aliphatic hydroxyl groups is 1. The minimum Gasteiger partial charge on any atom is -0.512 e. The first-order valence-electron chi connectivity index (χ1n) is 16.0. The van der Waals surface area contributed by atoms with E-state index < -0.39 is 0 Å². The maximum absolute atomic E-state index is 11.0. The third-order valence-corrected chi connectivity index (χ3v) is 7.99. The van der Waals surface area contributed by atoms with Gasteiger partial charge in [-0.3, -0.25) is 4.79 Å². The van der Waals surface area contributed by atoms with Crippen LogP contribution in [0.25, 0.3) is 44.0 Å². The van der Waals surface area contributed by atoms with E-state index in [1.807, 2.05) is 39.8 Å². The van der Waals surface area contributed by atoms with Gasteiger partial charge in [0.15, 0.2) is 5.78 Å². The Morgan fingerprint density at radius 3 is 2.13 bits per heavy atom. The molecule has 1 radical (unpaired) electrons. The largest absolute Gasteiger partial charge is 0.512 e. The Morgan fingerprint density at radius 2 is 1.53 bits per heavy atom. The van der Waals surface area contributed by atoms with Crippen LogP contribution < -0.4 is 0 Å². The summed E-state index contributed by atoms with van der Waals surface area (Å²) in [6.07, 6.45) is 4.45. The molecule has 0 saturated carbocycles. The van der Waals surface area contributed by atoms with E-state index in [9.17, 15) is 9.90 Å². The summed E-state index contributed by atoms with van der Waals surface area (Å²) in [5.41, 5.74) is 7.55. The molecule has 1 N–H and O–H groups in total. The van der Waals surface area contributed by atoms with Crippen molar-refractivity contribution in [3.63, 3.8) is 0 Å². The molecule has 0 atom stereocenters. The Balaban J connectivity index is 0.000000397. The maximum atomic E-state index is 11.0. The Morgan fingerprint density at radius 1 is 0.844 bits per heavy atom. The van der Waals surface area contributed by atoms with Gasteiger partial charge in [0.2, 0.25) is 0 Å². The van der Waals surface area contributed by atoms with Crippen LogP contribution in [-0.2, 0) is 31.3 Å². The number of aliphatic hydroxyl groups excluding tert-OH is 1. The zero-order valence-corrected chi connectivity index (χ0v) is 30.8. The molecular weight excluding hydrogens is 735 g/mol. The smallest absolute Gasteiger partial charge is 0.161 e. The third-order valence-electron chi connectivity index (χ3n) is 7.99. The van der Waals surface area contributed by atoms with Gasteiger partial charge < -0.3 is 14.5 Å². The van der Waals surface area contributed by atoms with Crippen molar-refractivity contribution in [2.75, 3.05) is 0 Å². The van der Waals surface area contributed by atoms with Gasteiger partial charge >= 0.3 is 0 Å². The van der Waals surface area contributed by atoms with Crippen molar-refractivity contribution in [3.8, 4) is 11.3 Å². The quantitative estimate of drug-likeness (QED) is 0.0967. The fraction of sp³-hybridized carbons (Fsp3) is 0.400. The molecular formula is C40H48IrNO3-. The molecule has 3 aromatic carbocycles. The van der Waals surface area contributed by atoms with E-state index >= 15 is 0 Å². The van der Waals surface area contributed by atoms with Crippen molar-refractivity contribution in [1.29, 1.82) is 0 Å². The average molecular weight is 783 g/mol. The van der Waals surface area contributed by atoms with Crippen LogP contribution in [0.15, 0.2) is 71.0 Å². The van der Waals surface area contributed by atoms with Crippen molar-refractivity contribution in [2.45, 2.75) is 87.5 Å². The van der Waals surface area contributed by atoms with Gasteiger partial charge in [-0.1, -0.05) is 117 Å². The molecule has 0 aliphatic carbocycles. The molecule has 0 unspecified atom stereocenters. The molecule has 4 nitrogen and oxygen atoms in total. The van der Waals surface area contributed by atoms with E-state index in [2.05, 4.69) is 90.2 Å². The number of aromatic nitrogens is 1. The number of hydrogen-bond donors (Lipinski definition) is 1. The molecule has 5 heteroatoms. The molecule has 0 bridgehead atoms. The minimum atomic E-state index is -0.0316. The number of fused-ring (bicyclic) bond motifs is 4. The van der Waals surface area contributed by atoms with Crippen LogP contribution in [0.3, 0.4) is 0 Å². The molecule has 0 aliphatic heterocycles. The molecule has 5 rings (SSSR count). The van der Waals surface area contributed by atoms with Gasteiger partial charge in [0.25, 0.3) is 0 Å². The second-order valence-electron chi connectivity index (χ2n) is 13.6. The van der Waals surface area contributed by atoms with E-state index in [4.69, 9.17) is 9.40 Å². The molecule has 5 aromatic rings. The molecule has 2 aromatic heterocycles. The van der Waals surface area contributed by atoms with E-state index in [0.29, 0.717) is 17.8 Å². The third kappa shape index (κ3) is 8.31. The van der Waals surface area contributed by atoms with E-state index in [-0.39, 0.29) is 43.5 Å². The normalized spacial score (nSPS) is 12.1. The van der Waals surface area contributed by atoms with Crippen LogP contribution in [0.5, 0.6) is 0 Å². The van der Waals surface area contributed by atoms with Crippen LogP contribution >= 0.6 is 0 Å². The Hall–Kier alpha value is -3.27. The zero-order valence-electron chi connectivity index (χ0n) is 28.4. The number of nitrogens with zero attached hydrogens (tertiary/aromatic N) is 1. The maximum Gasteiger partial charge on any atom is 0.161 e. The summed E-state index contributed by atoms with van der Waals surface area (Å²) >= 11 is 0. The van der Waals surface area contributed by atoms with E-state index in [1.54, 1.807) is 0 Å². The summed E-state index contributed by atoms with van der Waals surface area (Å²) in [7, 11) is 0. The summed E-state index contributed by atoms with van der Waals surface area (Å²) < 4.78 is 6.40. The molecule has 0 aliphatic rings. The van der Waals surface area contributed by atoms with Crippen molar-refractivity contribution in [1.82, 2.24) is 4.98 Å². The van der Waals surface area contributed by atoms with Crippen molar-refractivity contribution in [2.24, 2.45) is 17.8 Å². The molecule has 241 valence electrons. The zero-order chi connectivity index (χ0) is 32.3. The van der Waals surface area contributed by atoms with E-state index in [0.717, 1.165) is 39.6 Å². The van der Waals surface area contributed by atoms with Gasteiger partial charge in [-0.15, -0.1) is 17.7 Å². The summed E-state index contributed by atoms with van der Waals surface area (Å²) in [5.74, 6) is 1.55. The number of furan rings is 1. The number of pyridine rings is 1.